The summed E-state index contributed by atoms with van der Waals surface area (Å²) in [7, 11) is 0. The molecule has 3 amide bonds. The summed E-state index contributed by atoms with van der Waals surface area (Å²) < 4.78 is 1.02. The van der Waals surface area contributed by atoms with E-state index in [1.807, 2.05) is 0 Å². The Labute approximate surface area is 181 Å². The Balaban J connectivity index is 1.89. The fourth-order valence-electron chi connectivity index (χ4n) is 3.33. The Bertz CT molecular complexity index is 1300. The Kier molecular flexibility index (Phi) is 4.98. The molecule has 9 nitrogen and oxygen atoms in total. The number of fused-ring (bicyclic) bond motifs is 1. The molecule has 1 atom stereocenters. The number of pyridine rings is 2. The van der Waals surface area contributed by atoms with Gasteiger partial charge in [0.1, 0.15) is 11.4 Å². The highest BCUT2D eigenvalue weighted by Crippen LogP contribution is 2.26. The molecule has 0 radical (unpaired) electrons. The quantitative estimate of drug-likeness (QED) is 0.479. The maximum atomic E-state index is 13.0. The smallest absolute Gasteiger partial charge is 0.346 e. The summed E-state index contributed by atoms with van der Waals surface area (Å²) in [5.41, 5.74) is -1.39. The van der Waals surface area contributed by atoms with Crippen LogP contribution in [0.4, 0.5) is 4.79 Å². The summed E-state index contributed by atoms with van der Waals surface area (Å²) in [5, 5.41) is 19.4. The average molecular weight is 440 g/mol. The van der Waals surface area contributed by atoms with E-state index in [1.54, 1.807) is 38.1 Å². The van der Waals surface area contributed by atoms with Gasteiger partial charge in [-0.05, 0) is 31.5 Å². The highest BCUT2D eigenvalue weighted by atomic mass is 35.5. The molecule has 1 aliphatic heterocycles. The zero-order chi connectivity index (χ0) is 22.3. The van der Waals surface area contributed by atoms with E-state index in [0.29, 0.717) is 27.2 Å². The van der Waals surface area contributed by atoms with Gasteiger partial charge in [-0.25, -0.2) is 14.3 Å². The normalized spacial score (nSPS) is 18.9. The van der Waals surface area contributed by atoms with E-state index in [9.17, 15) is 19.5 Å². The lowest BCUT2D eigenvalue weighted by atomic mass is 10.00. The Morgan fingerprint density at radius 3 is 2.52 bits per heavy atom. The molecule has 0 bridgehead atoms. The molecule has 2 aromatic heterocycles. The fourth-order valence-corrected chi connectivity index (χ4v) is 3.44. The minimum atomic E-state index is -1.05. The summed E-state index contributed by atoms with van der Waals surface area (Å²) in [6, 6.07) is 8.99. The second-order valence-corrected chi connectivity index (χ2v) is 7.67. The first-order valence-corrected chi connectivity index (χ1v) is 9.84. The van der Waals surface area contributed by atoms with Gasteiger partial charge >= 0.3 is 6.03 Å². The molecule has 4 rings (SSSR count). The number of hydrogen-bond acceptors (Lipinski definition) is 6. The van der Waals surface area contributed by atoms with Gasteiger partial charge in [-0.2, -0.15) is 5.10 Å². The monoisotopic (exact) mass is 439 g/mol. The number of imide groups is 1. The van der Waals surface area contributed by atoms with Crippen LogP contribution in [0.2, 0.25) is 5.02 Å². The molecule has 1 fully saturated rings. The third-order valence-corrected chi connectivity index (χ3v) is 5.52. The predicted molar refractivity (Wildman–Crippen MR) is 116 cm³/mol. The molecule has 10 heteroatoms. The Morgan fingerprint density at radius 2 is 1.90 bits per heavy atom. The highest BCUT2D eigenvalue weighted by Gasteiger charge is 2.46. The van der Waals surface area contributed by atoms with Gasteiger partial charge in [-0.3, -0.25) is 9.59 Å². The number of benzene rings is 1. The van der Waals surface area contributed by atoms with Crippen LogP contribution >= 0.6 is 11.6 Å². The number of nitrogens with zero attached hydrogens (tertiary/aromatic N) is 4. The van der Waals surface area contributed by atoms with Crippen molar-refractivity contribution in [1.29, 1.82) is 0 Å². The molecule has 2 N–H and O–H groups in total. The van der Waals surface area contributed by atoms with Crippen LogP contribution in [0.15, 0.2) is 52.5 Å². The second kappa shape index (κ2) is 7.51. The van der Waals surface area contributed by atoms with Crippen molar-refractivity contribution in [2.45, 2.75) is 25.8 Å². The number of urea groups is 1. The highest BCUT2D eigenvalue weighted by molar-refractivity contribution is 6.30. The van der Waals surface area contributed by atoms with Crippen LogP contribution in [-0.2, 0) is 4.79 Å². The van der Waals surface area contributed by atoms with Crippen LogP contribution in [0.3, 0.4) is 0 Å². The number of carbonyl (C=O) groups is 2. The summed E-state index contributed by atoms with van der Waals surface area (Å²) >= 11 is 5.88. The van der Waals surface area contributed by atoms with Gasteiger partial charge in [0.05, 0.1) is 16.8 Å². The lowest BCUT2D eigenvalue weighted by Crippen LogP contribution is -2.42. The first-order chi connectivity index (χ1) is 14.8. The summed E-state index contributed by atoms with van der Waals surface area (Å²) in [6.45, 7) is 3.39. The van der Waals surface area contributed by atoms with Gasteiger partial charge in [0.25, 0.3) is 11.5 Å². The predicted octanol–water partition coefficient (Wildman–Crippen LogP) is 2.80. The molecular weight excluding hydrogens is 422 g/mol. The summed E-state index contributed by atoms with van der Waals surface area (Å²) in [6.07, 6.45) is 2.93. The van der Waals surface area contributed by atoms with Crippen LogP contribution in [0.25, 0.3) is 16.6 Å². The van der Waals surface area contributed by atoms with Crippen molar-refractivity contribution in [2.24, 2.45) is 5.10 Å². The van der Waals surface area contributed by atoms with Gasteiger partial charge in [0.2, 0.25) is 5.88 Å². The lowest BCUT2D eigenvalue weighted by molar-refractivity contribution is -0.130. The Hall–Kier alpha value is -3.72. The van der Waals surface area contributed by atoms with Crippen LogP contribution in [0.5, 0.6) is 5.88 Å². The van der Waals surface area contributed by atoms with Gasteiger partial charge in [0, 0.05) is 17.0 Å². The molecule has 3 aromatic rings. The number of nitrogens with one attached hydrogen (secondary N) is 1. The molecule has 1 unspecified atom stereocenters. The summed E-state index contributed by atoms with van der Waals surface area (Å²) in [4.78, 5) is 42.0. The van der Waals surface area contributed by atoms with Crippen molar-refractivity contribution in [3.05, 3.63) is 63.5 Å². The largest absolute Gasteiger partial charge is 0.494 e. The number of aromatic hydroxyl groups is 1. The molecule has 1 aromatic carbocycles. The van der Waals surface area contributed by atoms with E-state index in [1.165, 1.54) is 24.5 Å². The zero-order valence-electron chi connectivity index (χ0n) is 16.7. The third-order valence-electron chi connectivity index (χ3n) is 5.29. The number of amides is 3. The van der Waals surface area contributed by atoms with Crippen molar-refractivity contribution in [1.82, 2.24) is 19.9 Å². The zero-order valence-corrected chi connectivity index (χ0v) is 17.4. The number of hydrazone groups is 1. The molecule has 0 saturated carbocycles. The number of halogens is 1. The minimum absolute atomic E-state index is 0.151. The first-order valence-electron chi connectivity index (χ1n) is 9.46. The molecule has 31 heavy (non-hydrogen) atoms. The number of carbonyl (C=O) groups excluding carboxylic acids is 2. The van der Waals surface area contributed by atoms with Crippen LogP contribution in [0, 0.1) is 0 Å². The standard InChI is InChI=1S/C21H18ClN5O4/c1-3-21(2)19(30)27(20(31)25-21)24-11-15-13-6-4-5-7-14(13)17(28)26(18(15)29)16-9-8-12(22)10-23-16/h4-11,29H,3H2,1-2H3,(H,25,31). The molecule has 0 aliphatic carbocycles. The van der Waals surface area contributed by atoms with E-state index in [4.69, 9.17) is 11.6 Å². The molecule has 1 saturated heterocycles. The van der Waals surface area contributed by atoms with E-state index in [-0.39, 0.29) is 11.4 Å². The number of aromatic nitrogens is 2. The average Bonchev–Trinajstić information content (AvgIpc) is 2.98. The molecule has 0 spiro atoms. The van der Waals surface area contributed by atoms with Crippen molar-refractivity contribution in [2.75, 3.05) is 0 Å². The van der Waals surface area contributed by atoms with E-state index in [2.05, 4.69) is 15.4 Å². The fraction of sp³-hybridized carbons (Fsp3) is 0.190. The van der Waals surface area contributed by atoms with Gasteiger partial charge < -0.3 is 10.4 Å². The van der Waals surface area contributed by atoms with E-state index in [0.717, 1.165) is 4.57 Å². The van der Waals surface area contributed by atoms with E-state index >= 15 is 0 Å². The van der Waals surface area contributed by atoms with Gasteiger partial charge in [-0.1, -0.05) is 36.7 Å². The number of hydrogen-bond donors (Lipinski definition) is 2. The minimum Gasteiger partial charge on any atom is -0.494 e. The second-order valence-electron chi connectivity index (χ2n) is 7.24. The maximum Gasteiger partial charge on any atom is 0.346 e. The van der Waals surface area contributed by atoms with Gasteiger partial charge in [-0.15, -0.1) is 5.01 Å². The van der Waals surface area contributed by atoms with Crippen molar-refractivity contribution >= 4 is 40.5 Å². The third kappa shape index (κ3) is 3.32. The molecule has 1 aliphatic rings. The van der Waals surface area contributed by atoms with Crippen LogP contribution < -0.4 is 10.9 Å². The SMILES string of the molecule is CCC1(C)NC(=O)N(N=Cc2c(O)n(-c3ccc(Cl)cn3)c(=O)c3ccccc23)C1=O. The van der Waals surface area contributed by atoms with Gasteiger partial charge in [0.15, 0.2) is 0 Å². The van der Waals surface area contributed by atoms with Crippen molar-refractivity contribution in [3.8, 4) is 11.7 Å². The van der Waals surface area contributed by atoms with Crippen molar-refractivity contribution < 1.29 is 14.7 Å². The Morgan fingerprint density at radius 1 is 1.19 bits per heavy atom. The number of rotatable bonds is 4. The topological polar surface area (TPSA) is 117 Å². The van der Waals surface area contributed by atoms with Crippen LogP contribution in [-0.4, -0.2) is 43.4 Å². The maximum absolute atomic E-state index is 13.0. The van der Waals surface area contributed by atoms with Crippen LogP contribution in [0.1, 0.15) is 25.8 Å². The van der Waals surface area contributed by atoms with E-state index < -0.39 is 28.9 Å². The molecule has 3 heterocycles. The lowest BCUT2D eigenvalue weighted by Gasteiger charge is -2.17. The molecule has 158 valence electrons. The molecular formula is C21H18ClN5O4. The summed E-state index contributed by atoms with van der Waals surface area (Å²) in [5.74, 6) is -0.791. The van der Waals surface area contributed by atoms with Crippen molar-refractivity contribution in [3.63, 3.8) is 0 Å². The first kappa shape index (κ1) is 20.5.